The Morgan fingerprint density at radius 1 is 1.17 bits per heavy atom. The molecule has 0 spiro atoms. The summed E-state index contributed by atoms with van der Waals surface area (Å²) in [5.41, 5.74) is 1.50. The van der Waals surface area contributed by atoms with Crippen LogP contribution in [0.15, 0.2) is 48.7 Å². The summed E-state index contributed by atoms with van der Waals surface area (Å²) in [6, 6.07) is 12.2. The number of benzene rings is 2. The van der Waals surface area contributed by atoms with E-state index in [-0.39, 0.29) is 17.2 Å². The van der Waals surface area contributed by atoms with Crippen LogP contribution in [0.5, 0.6) is 5.75 Å². The van der Waals surface area contributed by atoms with Crippen LogP contribution in [0.4, 0.5) is 0 Å². The molecule has 0 fully saturated rings. The van der Waals surface area contributed by atoms with Crippen LogP contribution in [-0.4, -0.2) is 22.5 Å². The minimum absolute atomic E-state index is 0.116. The molecule has 3 rings (SSSR count). The predicted octanol–water partition coefficient (Wildman–Crippen LogP) is 4.22. The van der Waals surface area contributed by atoms with Crippen molar-refractivity contribution in [3.05, 3.63) is 69.8 Å². The van der Waals surface area contributed by atoms with Crippen LogP contribution in [0.25, 0.3) is 10.9 Å². The molecule has 0 atom stereocenters. The van der Waals surface area contributed by atoms with Gasteiger partial charge in [-0.1, -0.05) is 41.4 Å². The maximum absolute atomic E-state index is 12.3. The second kappa shape index (κ2) is 7.07. The summed E-state index contributed by atoms with van der Waals surface area (Å²) < 4.78 is 0. The van der Waals surface area contributed by atoms with Crippen molar-refractivity contribution in [3.8, 4) is 5.75 Å². The Morgan fingerprint density at radius 2 is 2.00 bits per heavy atom. The second-order valence-corrected chi connectivity index (χ2v) is 6.12. The van der Waals surface area contributed by atoms with Gasteiger partial charge in [-0.05, 0) is 36.2 Å². The molecule has 0 radical (unpaired) electrons. The predicted molar refractivity (Wildman–Crippen MR) is 95.9 cm³/mol. The lowest BCUT2D eigenvalue weighted by Crippen LogP contribution is -2.25. The largest absolute Gasteiger partial charge is 0.505 e. The summed E-state index contributed by atoms with van der Waals surface area (Å²) >= 11 is 12.0. The van der Waals surface area contributed by atoms with Gasteiger partial charge < -0.3 is 10.4 Å². The zero-order chi connectivity index (χ0) is 17.1. The highest BCUT2D eigenvalue weighted by atomic mass is 35.5. The maximum Gasteiger partial charge on any atom is 0.255 e. The number of hydrogen-bond acceptors (Lipinski definition) is 3. The van der Waals surface area contributed by atoms with E-state index in [0.717, 1.165) is 10.9 Å². The number of phenolic OH excluding ortho intramolecular Hbond substituents is 1. The van der Waals surface area contributed by atoms with Crippen LogP contribution in [0.2, 0.25) is 10.0 Å². The number of nitrogens with zero attached hydrogens (tertiary/aromatic N) is 1. The molecule has 2 N–H and O–H groups in total. The van der Waals surface area contributed by atoms with E-state index in [2.05, 4.69) is 10.3 Å². The van der Waals surface area contributed by atoms with Gasteiger partial charge in [0.25, 0.3) is 5.91 Å². The van der Waals surface area contributed by atoms with E-state index in [0.29, 0.717) is 28.5 Å². The smallest absolute Gasteiger partial charge is 0.255 e. The van der Waals surface area contributed by atoms with Crippen LogP contribution in [0.3, 0.4) is 0 Å². The quantitative estimate of drug-likeness (QED) is 0.731. The van der Waals surface area contributed by atoms with E-state index in [4.69, 9.17) is 23.2 Å². The number of pyridine rings is 1. The molecule has 0 unspecified atom stereocenters. The molecule has 3 aromatic rings. The van der Waals surface area contributed by atoms with Crippen molar-refractivity contribution >= 4 is 40.0 Å². The summed E-state index contributed by atoms with van der Waals surface area (Å²) in [6.45, 7) is 0.389. The second-order valence-electron chi connectivity index (χ2n) is 5.28. The van der Waals surface area contributed by atoms with E-state index < -0.39 is 0 Å². The Hall–Kier alpha value is -2.30. The van der Waals surface area contributed by atoms with Gasteiger partial charge in [0.15, 0.2) is 5.75 Å². The molecule has 0 saturated carbocycles. The molecule has 0 aliphatic rings. The van der Waals surface area contributed by atoms with E-state index in [9.17, 15) is 9.90 Å². The number of aromatic nitrogens is 1. The molecule has 0 aliphatic heterocycles. The third kappa shape index (κ3) is 3.45. The minimum atomic E-state index is -0.356. The zero-order valence-corrected chi connectivity index (χ0v) is 14.1. The van der Waals surface area contributed by atoms with Gasteiger partial charge in [-0.3, -0.25) is 9.78 Å². The number of halogens is 2. The first-order chi connectivity index (χ1) is 11.6. The van der Waals surface area contributed by atoms with E-state index >= 15 is 0 Å². The number of fused-ring (bicyclic) bond motifs is 1. The van der Waals surface area contributed by atoms with Crippen LogP contribution in [-0.2, 0) is 6.42 Å². The Bertz CT molecular complexity index is 913. The average Bonchev–Trinajstić information content (AvgIpc) is 2.57. The van der Waals surface area contributed by atoms with Gasteiger partial charge in [0.05, 0.1) is 5.56 Å². The Morgan fingerprint density at radius 3 is 2.79 bits per heavy atom. The summed E-state index contributed by atoms with van der Waals surface area (Å²) in [6.07, 6.45) is 2.14. The zero-order valence-electron chi connectivity index (χ0n) is 12.6. The van der Waals surface area contributed by atoms with Crippen molar-refractivity contribution in [3.63, 3.8) is 0 Å². The third-order valence-electron chi connectivity index (χ3n) is 3.69. The number of hydrogen-bond donors (Lipinski definition) is 2. The van der Waals surface area contributed by atoms with Crippen molar-refractivity contribution in [1.82, 2.24) is 10.3 Å². The fourth-order valence-electron chi connectivity index (χ4n) is 2.44. The summed E-state index contributed by atoms with van der Waals surface area (Å²) in [4.78, 5) is 16.4. The fraction of sp³-hybridized carbons (Fsp3) is 0.111. The molecule has 1 amide bonds. The van der Waals surface area contributed by atoms with Crippen molar-refractivity contribution in [2.45, 2.75) is 6.42 Å². The first kappa shape index (κ1) is 16.6. The number of phenols is 1. The van der Waals surface area contributed by atoms with Gasteiger partial charge >= 0.3 is 0 Å². The molecule has 4 nitrogen and oxygen atoms in total. The SMILES string of the molecule is O=C(NCCc1ccc(Cl)cc1Cl)c1ccc2cccnc2c1O. The van der Waals surface area contributed by atoms with Gasteiger partial charge in [0.2, 0.25) is 0 Å². The number of rotatable bonds is 4. The third-order valence-corrected chi connectivity index (χ3v) is 4.27. The Kier molecular flexibility index (Phi) is 4.88. The summed E-state index contributed by atoms with van der Waals surface area (Å²) in [5, 5.41) is 14.9. The summed E-state index contributed by atoms with van der Waals surface area (Å²) in [5.74, 6) is -0.472. The first-order valence-electron chi connectivity index (χ1n) is 7.35. The van der Waals surface area contributed by atoms with Crippen LogP contribution in [0.1, 0.15) is 15.9 Å². The average molecular weight is 361 g/mol. The molecule has 24 heavy (non-hydrogen) atoms. The van der Waals surface area contributed by atoms with Gasteiger partial charge in [-0.25, -0.2) is 0 Å². The lowest BCUT2D eigenvalue weighted by Gasteiger charge is -2.09. The van der Waals surface area contributed by atoms with Gasteiger partial charge in [0, 0.05) is 28.2 Å². The molecule has 1 aromatic heterocycles. The maximum atomic E-state index is 12.3. The van der Waals surface area contributed by atoms with Crippen molar-refractivity contribution in [2.24, 2.45) is 0 Å². The fourth-order valence-corrected chi connectivity index (χ4v) is 2.95. The molecule has 122 valence electrons. The Labute approximate surface area is 149 Å². The molecule has 0 bridgehead atoms. The summed E-state index contributed by atoms with van der Waals surface area (Å²) in [7, 11) is 0. The molecule has 2 aromatic carbocycles. The lowest BCUT2D eigenvalue weighted by atomic mass is 10.1. The molecular formula is C18H14Cl2N2O2. The first-order valence-corrected chi connectivity index (χ1v) is 8.10. The van der Waals surface area contributed by atoms with Crippen molar-refractivity contribution < 1.29 is 9.90 Å². The van der Waals surface area contributed by atoms with Gasteiger partial charge in [0.1, 0.15) is 5.52 Å². The minimum Gasteiger partial charge on any atom is -0.505 e. The van der Waals surface area contributed by atoms with Crippen molar-refractivity contribution in [1.29, 1.82) is 0 Å². The number of aromatic hydroxyl groups is 1. The highest BCUT2D eigenvalue weighted by molar-refractivity contribution is 6.35. The van der Waals surface area contributed by atoms with Crippen LogP contribution < -0.4 is 5.32 Å². The van der Waals surface area contributed by atoms with Crippen LogP contribution >= 0.6 is 23.2 Å². The van der Waals surface area contributed by atoms with E-state index in [1.54, 1.807) is 36.5 Å². The normalized spacial score (nSPS) is 10.8. The van der Waals surface area contributed by atoms with E-state index in [1.165, 1.54) is 0 Å². The molecule has 0 aliphatic carbocycles. The lowest BCUT2D eigenvalue weighted by molar-refractivity contribution is 0.0951. The molecular weight excluding hydrogens is 347 g/mol. The number of carbonyl (C=O) groups excluding carboxylic acids is 1. The Balaban J connectivity index is 1.70. The monoisotopic (exact) mass is 360 g/mol. The highest BCUT2D eigenvalue weighted by Crippen LogP contribution is 2.26. The van der Waals surface area contributed by atoms with Gasteiger partial charge in [-0.15, -0.1) is 0 Å². The van der Waals surface area contributed by atoms with Gasteiger partial charge in [-0.2, -0.15) is 0 Å². The van der Waals surface area contributed by atoms with E-state index in [1.807, 2.05) is 12.1 Å². The number of amides is 1. The highest BCUT2D eigenvalue weighted by Gasteiger charge is 2.14. The number of carbonyl (C=O) groups is 1. The molecule has 1 heterocycles. The van der Waals surface area contributed by atoms with Crippen LogP contribution in [0, 0.1) is 0 Å². The standard InChI is InChI=1S/C18H14Cl2N2O2/c19-13-5-3-11(15(20)10-13)7-9-22-18(24)14-6-4-12-2-1-8-21-16(12)17(14)23/h1-6,8,10,23H,7,9H2,(H,22,24). The van der Waals surface area contributed by atoms with Crippen molar-refractivity contribution in [2.75, 3.05) is 6.54 Å². The topological polar surface area (TPSA) is 62.2 Å². The molecule has 0 saturated heterocycles. The molecule has 6 heteroatoms. The number of nitrogens with one attached hydrogen (secondary N) is 1.